The van der Waals surface area contributed by atoms with Crippen molar-refractivity contribution in [1.29, 1.82) is 0 Å². The Labute approximate surface area is 185 Å². The fourth-order valence-corrected chi connectivity index (χ4v) is 4.20. The minimum absolute atomic E-state index is 0.213. The zero-order valence-corrected chi connectivity index (χ0v) is 19.4. The lowest BCUT2D eigenvalue weighted by molar-refractivity contribution is -0.118. The number of carbonyl (C=O) groups excluding carboxylic acids is 2. The first-order chi connectivity index (χ1) is 14.6. The van der Waals surface area contributed by atoms with Crippen LogP contribution < -0.4 is 10.9 Å². The molecule has 1 amide bonds. The number of amides is 1. The summed E-state index contributed by atoms with van der Waals surface area (Å²) in [6.45, 7) is 11.5. The van der Waals surface area contributed by atoms with Crippen LogP contribution in [0.15, 0.2) is 29.3 Å². The third-order valence-electron chi connectivity index (χ3n) is 5.27. The Morgan fingerprint density at radius 2 is 1.87 bits per heavy atom. The van der Waals surface area contributed by atoms with Crippen LogP contribution in [0.25, 0.3) is 10.2 Å². The van der Waals surface area contributed by atoms with Crippen LogP contribution in [0.4, 0.5) is 5.69 Å². The van der Waals surface area contributed by atoms with E-state index in [1.807, 2.05) is 45.9 Å². The normalized spacial score (nSPS) is 12.2. The smallest absolute Gasteiger partial charge is 0.348 e. The number of anilines is 1. The average molecular weight is 442 g/mol. The maximum absolute atomic E-state index is 13.2. The first-order valence-electron chi connectivity index (χ1n) is 10.2. The Balaban J connectivity index is 1.92. The van der Waals surface area contributed by atoms with Crippen LogP contribution in [-0.2, 0) is 9.53 Å². The van der Waals surface area contributed by atoms with Gasteiger partial charge in [0.05, 0.1) is 18.3 Å². The molecule has 0 spiro atoms. The average Bonchev–Trinajstić information content (AvgIpc) is 3.06. The predicted octanol–water partition coefficient (Wildman–Crippen LogP) is 4.40. The van der Waals surface area contributed by atoms with Gasteiger partial charge >= 0.3 is 5.97 Å². The van der Waals surface area contributed by atoms with Gasteiger partial charge in [-0.1, -0.05) is 26.0 Å². The summed E-state index contributed by atoms with van der Waals surface area (Å²) in [5.41, 5.74) is 2.92. The molecule has 0 aliphatic carbocycles. The van der Waals surface area contributed by atoms with Crippen molar-refractivity contribution in [2.45, 2.75) is 47.6 Å². The number of nitrogens with one attached hydrogen (secondary N) is 1. The molecule has 7 nitrogen and oxygen atoms in total. The molecule has 3 rings (SSSR count). The van der Waals surface area contributed by atoms with E-state index in [1.54, 1.807) is 13.8 Å². The van der Waals surface area contributed by atoms with Gasteiger partial charge in [-0.05, 0) is 56.4 Å². The van der Waals surface area contributed by atoms with E-state index in [0.29, 0.717) is 33.0 Å². The number of carbonyl (C=O) groups is 2. The maximum Gasteiger partial charge on any atom is 0.348 e. The van der Waals surface area contributed by atoms with Gasteiger partial charge in [-0.3, -0.25) is 14.2 Å². The topological polar surface area (TPSA) is 90.3 Å². The maximum atomic E-state index is 13.2. The summed E-state index contributed by atoms with van der Waals surface area (Å²) < 4.78 is 6.61. The zero-order chi connectivity index (χ0) is 22.9. The molecule has 2 heterocycles. The van der Waals surface area contributed by atoms with E-state index in [1.165, 1.54) is 10.9 Å². The lowest BCUT2D eigenvalue weighted by Crippen LogP contribution is -2.32. The van der Waals surface area contributed by atoms with E-state index in [4.69, 9.17) is 4.74 Å². The van der Waals surface area contributed by atoms with Gasteiger partial charge in [0.25, 0.3) is 5.56 Å². The lowest BCUT2D eigenvalue weighted by atomic mass is 10.1. The highest BCUT2D eigenvalue weighted by Crippen LogP contribution is 2.28. The molecule has 0 aliphatic rings. The lowest BCUT2D eigenvalue weighted by Gasteiger charge is -2.16. The number of aryl methyl sites for hydroxylation is 2. The Hall–Kier alpha value is -3.00. The van der Waals surface area contributed by atoms with Crippen molar-refractivity contribution in [3.63, 3.8) is 0 Å². The molecule has 0 saturated carbocycles. The van der Waals surface area contributed by atoms with Gasteiger partial charge in [-0.15, -0.1) is 11.3 Å². The van der Waals surface area contributed by atoms with Crippen LogP contribution >= 0.6 is 11.3 Å². The SMILES string of the molecule is Cc1cccc(NC(=O)C(C)n2cnc3sc(C(=O)OCC(C)C)c(C)c3c2=O)c1C. The highest BCUT2D eigenvalue weighted by molar-refractivity contribution is 7.20. The molecular weight excluding hydrogens is 414 g/mol. The molecule has 0 saturated heterocycles. The number of benzene rings is 1. The second kappa shape index (κ2) is 9.01. The van der Waals surface area contributed by atoms with Gasteiger partial charge in [0.1, 0.15) is 15.7 Å². The predicted molar refractivity (Wildman–Crippen MR) is 123 cm³/mol. The standard InChI is InChI=1S/C23H27N3O4S/c1-12(2)10-30-23(29)19-15(5)18-21(31-19)24-11-26(22(18)28)16(6)20(27)25-17-9-7-8-13(3)14(17)4/h7-9,11-12,16H,10H2,1-6H3,(H,25,27). The minimum Gasteiger partial charge on any atom is -0.461 e. The summed E-state index contributed by atoms with van der Waals surface area (Å²) in [4.78, 5) is 43.6. The van der Waals surface area contributed by atoms with Crippen LogP contribution in [-0.4, -0.2) is 28.0 Å². The van der Waals surface area contributed by atoms with Crippen molar-refractivity contribution in [2.24, 2.45) is 5.92 Å². The van der Waals surface area contributed by atoms with Crippen molar-refractivity contribution in [1.82, 2.24) is 9.55 Å². The van der Waals surface area contributed by atoms with Gasteiger partial charge in [-0.25, -0.2) is 9.78 Å². The van der Waals surface area contributed by atoms with E-state index >= 15 is 0 Å². The van der Waals surface area contributed by atoms with Crippen molar-refractivity contribution in [3.05, 3.63) is 56.4 Å². The van der Waals surface area contributed by atoms with Crippen LogP contribution in [0.5, 0.6) is 0 Å². The minimum atomic E-state index is -0.778. The summed E-state index contributed by atoms with van der Waals surface area (Å²) in [5.74, 6) is -0.562. The third-order valence-corrected chi connectivity index (χ3v) is 6.45. The van der Waals surface area contributed by atoms with Crippen molar-refractivity contribution in [3.8, 4) is 0 Å². The highest BCUT2D eigenvalue weighted by atomic mass is 32.1. The molecule has 31 heavy (non-hydrogen) atoms. The number of hydrogen-bond donors (Lipinski definition) is 1. The fourth-order valence-electron chi connectivity index (χ4n) is 3.17. The molecule has 1 N–H and O–H groups in total. The number of nitrogens with zero attached hydrogens (tertiary/aromatic N) is 2. The summed E-state index contributed by atoms with van der Waals surface area (Å²) in [7, 11) is 0. The molecule has 164 valence electrons. The molecule has 1 unspecified atom stereocenters. The van der Waals surface area contributed by atoms with Gasteiger partial charge in [0, 0.05) is 5.69 Å². The molecule has 0 fully saturated rings. The quantitative estimate of drug-likeness (QED) is 0.573. The van der Waals surface area contributed by atoms with E-state index < -0.39 is 12.0 Å². The summed E-state index contributed by atoms with van der Waals surface area (Å²) in [6, 6.07) is 4.89. The largest absolute Gasteiger partial charge is 0.461 e. The Morgan fingerprint density at radius 3 is 2.55 bits per heavy atom. The Bertz CT molecular complexity index is 1210. The number of thiophene rings is 1. The zero-order valence-electron chi connectivity index (χ0n) is 18.6. The van der Waals surface area contributed by atoms with Crippen LogP contribution in [0.2, 0.25) is 0 Å². The van der Waals surface area contributed by atoms with Crippen molar-refractivity contribution in [2.75, 3.05) is 11.9 Å². The first-order valence-corrected chi connectivity index (χ1v) is 11.0. The summed E-state index contributed by atoms with van der Waals surface area (Å²) in [6.07, 6.45) is 1.36. The number of aromatic nitrogens is 2. The van der Waals surface area contributed by atoms with Crippen LogP contribution in [0.1, 0.15) is 53.2 Å². The molecule has 1 aromatic carbocycles. The van der Waals surface area contributed by atoms with E-state index in [9.17, 15) is 14.4 Å². The molecule has 0 radical (unpaired) electrons. The fraction of sp³-hybridized carbons (Fsp3) is 0.391. The second-order valence-electron chi connectivity index (χ2n) is 8.10. The van der Waals surface area contributed by atoms with Crippen LogP contribution in [0, 0.1) is 26.7 Å². The Kier molecular flexibility index (Phi) is 6.59. The molecule has 8 heteroatoms. The van der Waals surface area contributed by atoms with Gasteiger partial charge in [0.2, 0.25) is 5.91 Å². The number of rotatable bonds is 6. The van der Waals surface area contributed by atoms with E-state index in [0.717, 1.165) is 22.5 Å². The molecule has 1 atom stereocenters. The van der Waals surface area contributed by atoms with E-state index in [-0.39, 0.29) is 17.4 Å². The first kappa shape index (κ1) is 22.7. The molecule has 0 aliphatic heterocycles. The number of esters is 1. The third kappa shape index (κ3) is 4.54. The monoisotopic (exact) mass is 441 g/mol. The van der Waals surface area contributed by atoms with E-state index in [2.05, 4.69) is 10.3 Å². The van der Waals surface area contributed by atoms with Gasteiger partial charge < -0.3 is 10.1 Å². The number of fused-ring (bicyclic) bond motifs is 1. The summed E-state index contributed by atoms with van der Waals surface area (Å²) >= 11 is 1.13. The molecule has 2 aromatic heterocycles. The molecular formula is C23H27N3O4S. The van der Waals surface area contributed by atoms with Gasteiger partial charge in [0.15, 0.2) is 0 Å². The second-order valence-corrected chi connectivity index (χ2v) is 9.10. The highest BCUT2D eigenvalue weighted by Gasteiger charge is 2.24. The van der Waals surface area contributed by atoms with Crippen LogP contribution in [0.3, 0.4) is 0 Å². The summed E-state index contributed by atoms with van der Waals surface area (Å²) in [5, 5.41) is 3.23. The van der Waals surface area contributed by atoms with Gasteiger partial charge in [-0.2, -0.15) is 0 Å². The molecule has 0 bridgehead atoms. The number of ether oxygens (including phenoxy) is 1. The number of hydrogen-bond acceptors (Lipinski definition) is 6. The molecule has 3 aromatic rings. The van der Waals surface area contributed by atoms with Crippen molar-refractivity contribution < 1.29 is 14.3 Å². The van der Waals surface area contributed by atoms with Crippen molar-refractivity contribution >= 4 is 39.1 Å². The Morgan fingerprint density at radius 1 is 1.16 bits per heavy atom.